The van der Waals surface area contributed by atoms with E-state index in [1.165, 1.54) is 0 Å². The maximum absolute atomic E-state index is 13.8. The first-order chi connectivity index (χ1) is 12.7. The van der Waals surface area contributed by atoms with Gasteiger partial charge < -0.3 is 14.9 Å². The number of aliphatic hydroxyl groups excluding tert-OH is 1. The molecular formula is C17H15ClF4N2O3. The van der Waals surface area contributed by atoms with Crippen molar-refractivity contribution >= 4 is 17.5 Å². The van der Waals surface area contributed by atoms with Gasteiger partial charge in [-0.2, -0.15) is 13.2 Å². The highest BCUT2D eigenvalue weighted by atomic mass is 35.5. The summed E-state index contributed by atoms with van der Waals surface area (Å²) in [4.78, 5) is 12.3. The van der Waals surface area contributed by atoms with Gasteiger partial charge in [0, 0.05) is 5.56 Å². The van der Waals surface area contributed by atoms with E-state index >= 15 is 0 Å². The first-order valence-corrected chi connectivity index (χ1v) is 8.57. The Hall–Kier alpha value is -2.13. The first-order valence-electron chi connectivity index (χ1n) is 8.19. The summed E-state index contributed by atoms with van der Waals surface area (Å²) in [7, 11) is 0. The summed E-state index contributed by atoms with van der Waals surface area (Å²) >= 11 is 6.07. The molecule has 0 saturated heterocycles. The lowest BCUT2D eigenvalue weighted by Gasteiger charge is -2.27. The Balaban J connectivity index is 1.83. The number of carbonyl (C=O) groups is 1. The highest BCUT2D eigenvalue weighted by Gasteiger charge is 2.34. The summed E-state index contributed by atoms with van der Waals surface area (Å²) < 4.78 is 56.6. The van der Waals surface area contributed by atoms with Crippen LogP contribution in [0.4, 0.5) is 17.6 Å². The number of nitrogens with zero attached hydrogens (tertiary/aromatic N) is 1. The van der Waals surface area contributed by atoms with Crippen LogP contribution in [0.25, 0.3) is 11.3 Å². The molecule has 0 aliphatic heterocycles. The largest absolute Gasteiger partial charge is 0.419 e. The summed E-state index contributed by atoms with van der Waals surface area (Å²) in [6, 6.07) is 1.72. The second-order valence-corrected chi connectivity index (χ2v) is 6.68. The van der Waals surface area contributed by atoms with Crippen molar-refractivity contribution in [3.8, 4) is 11.3 Å². The summed E-state index contributed by atoms with van der Waals surface area (Å²) in [5.74, 6) is -2.56. The molecular weight excluding hydrogens is 392 g/mol. The van der Waals surface area contributed by atoms with Crippen LogP contribution in [0.1, 0.15) is 41.8 Å². The van der Waals surface area contributed by atoms with Gasteiger partial charge in [0.1, 0.15) is 16.5 Å². The lowest BCUT2D eigenvalue weighted by atomic mass is 9.92. The molecule has 1 fully saturated rings. The maximum atomic E-state index is 13.8. The second kappa shape index (κ2) is 7.47. The number of hydrogen-bond donors (Lipinski definition) is 2. The van der Waals surface area contributed by atoms with E-state index in [0.29, 0.717) is 25.0 Å². The second-order valence-electron chi connectivity index (χ2n) is 6.30. The molecule has 27 heavy (non-hydrogen) atoms. The van der Waals surface area contributed by atoms with Crippen LogP contribution in [-0.2, 0) is 6.18 Å². The van der Waals surface area contributed by atoms with Crippen LogP contribution >= 0.6 is 11.6 Å². The molecule has 2 atom stereocenters. The molecule has 1 aliphatic rings. The Labute approximate surface area is 156 Å². The topological polar surface area (TPSA) is 75.4 Å². The quantitative estimate of drug-likeness (QED) is 0.750. The smallest absolute Gasteiger partial charge is 0.391 e. The van der Waals surface area contributed by atoms with Gasteiger partial charge in [0.2, 0.25) is 5.76 Å². The van der Waals surface area contributed by atoms with Crippen LogP contribution in [0.15, 0.2) is 22.7 Å². The number of aliphatic hydroxyl groups is 1. The van der Waals surface area contributed by atoms with Crippen LogP contribution in [0.3, 0.4) is 0 Å². The minimum Gasteiger partial charge on any atom is -0.391 e. The van der Waals surface area contributed by atoms with E-state index in [1.807, 2.05) is 0 Å². The van der Waals surface area contributed by atoms with Crippen molar-refractivity contribution < 1.29 is 32.0 Å². The van der Waals surface area contributed by atoms with E-state index in [0.717, 1.165) is 18.9 Å². The van der Waals surface area contributed by atoms with E-state index in [-0.39, 0.29) is 22.0 Å². The molecule has 1 aliphatic carbocycles. The lowest BCUT2D eigenvalue weighted by Crippen LogP contribution is -2.45. The van der Waals surface area contributed by atoms with Gasteiger partial charge in [-0.3, -0.25) is 4.79 Å². The molecule has 5 nitrogen and oxygen atoms in total. The molecule has 146 valence electrons. The lowest BCUT2D eigenvalue weighted by molar-refractivity contribution is -0.139. The average Bonchev–Trinajstić information content (AvgIpc) is 2.97. The van der Waals surface area contributed by atoms with E-state index in [1.54, 1.807) is 0 Å². The summed E-state index contributed by atoms with van der Waals surface area (Å²) in [5, 5.41) is 15.8. The molecule has 1 aromatic heterocycles. The van der Waals surface area contributed by atoms with E-state index in [2.05, 4.69) is 10.5 Å². The van der Waals surface area contributed by atoms with Gasteiger partial charge in [-0.15, -0.1) is 0 Å². The molecule has 3 rings (SSSR count). The van der Waals surface area contributed by atoms with Gasteiger partial charge in [0.25, 0.3) is 5.91 Å². The molecule has 1 heterocycles. The SMILES string of the molecule is O=C(N[C@H]1CCCC[C@@H]1O)c1onc(-c2ccc(C(F)(F)F)c(F)c2)c1Cl. The van der Waals surface area contributed by atoms with Gasteiger partial charge in [-0.1, -0.05) is 35.7 Å². The van der Waals surface area contributed by atoms with Crippen LogP contribution in [0.2, 0.25) is 5.02 Å². The molecule has 0 bridgehead atoms. The number of benzene rings is 1. The molecule has 2 aromatic rings. The standard InChI is InChI=1S/C17H15ClF4N2O3/c18-13-14(8-5-6-9(10(19)7-8)17(20,21)22)24-27-15(13)16(26)23-11-3-1-2-4-12(11)25/h5-7,11-12,25H,1-4H2,(H,23,26)/t11-,12-/m0/s1. The minimum absolute atomic E-state index is 0.0639. The Morgan fingerprint density at radius 3 is 2.63 bits per heavy atom. The molecule has 1 saturated carbocycles. The molecule has 10 heteroatoms. The third kappa shape index (κ3) is 4.08. The zero-order valence-electron chi connectivity index (χ0n) is 13.8. The van der Waals surface area contributed by atoms with Gasteiger partial charge in [-0.25, -0.2) is 4.39 Å². The zero-order chi connectivity index (χ0) is 19.8. The van der Waals surface area contributed by atoms with Crippen LogP contribution < -0.4 is 5.32 Å². The number of carbonyl (C=O) groups excluding carboxylic acids is 1. The Morgan fingerprint density at radius 2 is 2.00 bits per heavy atom. The minimum atomic E-state index is -4.83. The summed E-state index contributed by atoms with van der Waals surface area (Å²) in [5.41, 5.74) is -1.64. The monoisotopic (exact) mass is 406 g/mol. The third-order valence-corrected chi connectivity index (χ3v) is 4.79. The van der Waals surface area contributed by atoms with Gasteiger partial charge in [-0.05, 0) is 25.0 Å². The maximum Gasteiger partial charge on any atom is 0.419 e. The van der Waals surface area contributed by atoms with E-state index in [4.69, 9.17) is 16.1 Å². The van der Waals surface area contributed by atoms with Gasteiger partial charge in [0.05, 0.1) is 17.7 Å². The van der Waals surface area contributed by atoms with Crippen LogP contribution in [0, 0.1) is 5.82 Å². The molecule has 0 spiro atoms. The van der Waals surface area contributed by atoms with Crippen LogP contribution in [0.5, 0.6) is 0 Å². The van der Waals surface area contributed by atoms with Crippen molar-refractivity contribution in [3.63, 3.8) is 0 Å². The zero-order valence-corrected chi connectivity index (χ0v) is 14.6. The van der Waals surface area contributed by atoms with Crippen molar-refractivity contribution in [2.45, 2.75) is 44.0 Å². The number of aromatic nitrogens is 1. The van der Waals surface area contributed by atoms with Crippen molar-refractivity contribution in [2.75, 3.05) is 0 Å². The number of nitrogens with one attached hydrogen (secondary N) is 1. The predicted molar refractivity (Wildman–Crippen MR) is 87.6 cm³/mol. The van der Waals surface area contributed by atoms with Crippen molar-refractivity contribution in [1.29, 1.82) is 0 Å². The van der Waals surface area contributed by atoms with Crippen molar-refractivity contribution in [3.05, 3.63) is 40.4 Å². The molecule has 0 unspecified atom stereocenters. The third-order valence-electron chi connectivity index (χ3n) is 4.44. The number of alkyl halides is 3. The number of rotatable bonds is 3. The number of halogens is 5. The fourth-order valence-corrected chi connectivity index (χ4v) is 3.27. The predicted octanol–water partition coefficient (Wildman–Crippen LogP) is 4.19. The van der Waals surface area contributed by atoms with Crippen molar-refractivity contribution in [1.82, 2.24) is 10.5 Å². The fraction of sp³-hybridized carbons (Fsp3) is 0.412. The molecule has 1 aromatic carbocycles. The van der Waals surface area contributed by atoms with E-state index in [9.17, 15) is 27.5 Å². The van der Waals surface area contributed by atoms with E-state index < -0.39 is 35.6 Å². The molecule has 0 radical (unpaired) electrons. The first kappa shape index (κ1) is 19.6. The fourth-order valence-electron chi connectivity index (χ4n) is 3.01. The van der Waals surface area contributed by atoms with Crippen LogP contribution in [-0.4, -0.2) is 28.3 Å². The summed E-state index contributed by atoms with van der Waals surface area (Å²) in [6.45, 7) is 0. The summed E-state index contributed by atoms with van der Waals surface area (Å²) in [6.07, 6.45) is -2.65. The Morgan fingerprint density at radius 1 is 1.30 bits per heavy atom. The van der Waals surface area contributed by atoms with Gasteiger partial charge >= 0.3 is 6.18 Å². The number of hydrogen-bond acceptors (Lipinski definition) is 4. The van der Waals surface area contributed by atoms with Crippen molar-refractivity contribution in [2.24, 2.45) is 0 Å². The molecule has 1 amide bonds. The highest BCUT2D eigenvalue weighted by molar-refractivity contribution is 6.35. The normalized spacial score (nSPS) is 20.5. The Bertz CT molecular complexity index is 853. The highest BCUT2D eigenvalue weighted by Crippen LogP contribution is 2.35. The number of amides is 1. The average molecular weight is 407 g/mol. The van der Waals surface area contributed by atoms with Gasteiger partial charge in [0.15, 0.2) is 0 Å². The molecule has 2 N–H and O–H groups in total. The Kier molecular flexibility index (Phi) is 5.43.